The molecule has 0 saturated carbocycles. The molecule has 1 aliphatic rings. The number of pyridine rings is 1. The van der Waals surface area contributed by atoms with E-state index >= 15 is 0 Å². The summed E-state index contributed by atoms with van der Waals surface area (Å²) in [5.74, 6) is 0.462. The van der Waals surface area contributed by atoms with Crippen molar-refractivity contribution < 1.29 is 4.79 Å². The minimum atomic E-state index is -0.376. The Morgan fingerprint density at radius 2 is 2.38 bits per heavy atom. The van der Waals surface area contributed by atoms with Gasteiger partial charge in [-0.25, -0.2) is 0 Å². The molecule has 16 heavy (non-hydrogen) atoms. The highest BCUT2D eigenvalue weighted by Gasteiger charge is 2.30. The van der Waals surface area contributed by atoms with E-state index in [9.17, 15) is 4.79 Å². The van der Waals surface area contributed by atoms with E-state index < -0.39 is 0 Å². The highest BCUT2D eigenvalue weighted by atomic mass is 16.2. The number of amides is 1. The minimum absolute atomic E-state index is 0.0803. The lowest BCUT2D eigenvalue weighted by atomic mass is 10.0. The fourth-order valence-electron chi connectivity index (χ4n) is 1.67. The number of carbonyl (C=O) groups excluding carboxylic acids is 1. The number of aliphatic imine (C=N–C) groups is 1. The van der Waals surface area contributed by atoms with Crippen LogP contribution in [-0.2, 0) is 4.79 Å². The van der Waals surface area contributed by atoms with Crippen molar-refractivity contribution in [2.24, 2.45) is 4.99 Å². The van der Waals surface area contributed by atoms with Crippen molar-refractivity contribution in [3.63, 3.8) is 0 Å². The van der Waals surface area contributed by atoms with Gasteiger partial charge in [0.1, 0.15) is 6.04 Å². The number of nitrogens with one attached hydrogen (secondary N) is 2. The molecule has 0 bridgehead atoms. The smallest absolute Gasteiger partial charge is 0.253 e. The maximum Gasteiger partial charge on any atom is 0.253 e. The number of nitrogens with zero attached hydrogens (tertiary/aromatic N) is 2. The highest BCUT2D eigenvalue weighted by molar-refractivity contribution is 6.06. The van der Waals surface area contributed by atoms with Crippen molar-refractivity contribution in [2.75, 3.05) is 6.54 Å². The van der Waals surface area contributed by atoms with Crippen LogP contribution in [0.5, 0.6) is 0 Å². The average Bonchev–Trinajstić information content (AvgIpc) is 2.61. The molecule has 1 aromatic heterocycles. The Balaban J connectivity index is 2.27. The maximum absolute atomic E-state index is 11.7. The van der Waals surface area contributed by atoms with Crippen molar-refractivity contribution in [2.45, 2.75) is 19.9 Å². The summed E-state index contributed by atoms with van der Waals surface area (Å²) in [5, 5.41) is 5.75. The molecule has 1 fully saturated rings. The van der Waals surface area contributed by atoms with Crippen molar-refractivity contribution in [3.8, 4) is 0 Å². The predicted octanol–water partition coefficient (Wildman–Crippen LogP) is 0.526. The van der Waals surface area contributed by atoms with Crippen LogP contribution < -0.4 is 10.6 Å². The SMILES string of the molecule is CCN=C1NC(=O)C(c2cnccc2C)N1. The predicted molar refractivity (Wildman–Crippen MR) is 61.0 cm³/mol. The monoisotopic (exact) mass is 218 g/mol. The van der Waals surface area contributed by atoms with Crippen LogP contribution in [0.25, 0.3) is 0 Å². The van der Waals surface area contributed by atoms with E-state index in [1.54, 1.807) is 12.4 Å². The van der Waals surface area contributed by atoms with E-state index in [1.165, 1.54) is 0 Å². The number of carbonyl (C=O) groups is 1. The molecule has 0 aliphatic carbocycles. The summed E-state index contributed by atoms with van der Waals surface area (Å²) in [6.45, 7) is 4.52. The van der Waals surface area contributed by atoms with Gasteiger partial charge in [0.25, 0.3) is 5.91 Å². The van der Waals surface area contributed by atoms with E-state index in [2.05, 4.69) is 20.6 Å². The lowest BCUT2D eigenvalue weighted by Gasteiger charge is -2.10. The van der Waals surface area contributed by atoms with Gasteiger partial charge in [-0.1, -0.05) is 0 Å². The summed E-state index contributed by atoms with van der Waals surface area (Å²) in [4.78, 5) is 19.9. The lowest BCUT2D eigenvalue weighted by Crippen LogP contribution is -2.25. The topological polar surface area (TPSA) is 66.4 Å². The van der Waals surface area contributed by atoms with Gasteiger partial charge in [0.05, 0.1) is 0 Å². The fourth-order valence-corrected chi connectivity index (χ4v) is 1.67. The molecule has 0 radical (unpaired) electrons. The number of guanidine groups is 1. The molecular weight excluding hydrogens is 204 g/mol. The summed E-state index contributed by atoms with van der Waals surface area (Å²) in [6, 6.07) is 1.51. The minimum Gasteiger partial charge on any atom is -0.340 e. The molecule has 1 saturated heterocycles. The van der Waals surface area contributed by atoms with Gasteiger partial charge in [-0.3, -0.25) is 20.1 Å². The third-order valence-electron chi connectivity index (χ3n) is 2.49. The number of aryl methyl sites for hydroxylation is 1. The first kappa shape index (κ1) is 10.6. The van der Waals surface area contributed by atoms with Gasteiger partial charge in [-0.05, 0) is 25.5 Å². The van der Waals surface area contributed by atoms with Crippen LogP contribution in [-0.4, -0.2) is 23.4 Å². The van der Waals surface area contributed by atoms with Gasteiger partial charge >= 0.3 is 0 Å². The van der Waals surface area contributed by atoms with Crippen molar-refractivity contribution >= 4 is 11.9 Å². The van der Waals surface area contributed by atoms with Gasteiger partial charge in [0.2, 0.25) is 0 Å². The van der Waals surface area contributed by atoms with E-state index in [4.69, 9.17) is 0 Å². The number of hydrogen-bond acceptors (Lipinski definition) is 3. The Kier molecular flexibility index (Phi) is 2.85. The Hall–Kier alpha value is -1.91. The molecule has 1 aromatic rings. The molecule has 84 valence electrons. The summed E-state index contributed by atoms with van der Waals surface area (Å²) in [5.41, 5.74) is 1.93. The second-order valence-electron chi connectivity index (χ2n) is 3.62. The van der Waals surface area contributed by atoms with Crippen LogP contribution in [0, 0.1) is 6.92 Å². The molecular formula is C11H14N4O. The van der Waals surface area contributed by atoms with Gasteiger partial charge in [-0.15, -0.1) is 0 Å². The number of hydrogen-bond donors (Lipinski definition) is 2. The summed E-state index contributed by atoms with van der Waals surface area (Å²) < 4.78 is 0. The Bertz CT molecular complexity index is 441. The molecule has 2 rings (SSSR count). The van der Waals surface area contributed by atoms with Crippen molar-refractivity contribution in [3.05, 3.63) is 29.6 Å². The molecule has 2 N–H and O–H groups in total. The van der Waals surface area contributed by atoms with Crippen LogP contribution in [0.15, 0.2) is 23.5 Å². The van der Waals surface area contributed by atoms with Crippen LogP contribution in [0.1, 0.15) is 24.1 Å². The zero-order chi connectivity index (χ0) is 11.5. The second-order valence-corrected chi connectivity index (χ2v) is 3.62. The Labute approximate surface area is 94.0 Å². The van der Waals surface area contributed by atoms with Gasteiger partial charge in [-0.2, -0.15) is 0 Å². The molecule has 1 atom stereocenters. The molecule has 2 heterocycles. The van der Waals surface area contributed by atoms with Gasteiger partial charge in [0.15, 0.2) is 5.96 Å². The summed E-state index contributed by atoms with van der Waals surface area (Å²) in [7, 11) is 0. The van der Waals surface area contributed by atoms with Crippen LogP contribution >= 0.6 is 0 Å². The third kappa shape index (κ3) is 1.88. The fraction of sp³-hybridized carbons (Fsp3) is 0.364. The molecule has 1 amide bonds. The van der Waals surface area contributed by atoms with Crippen molar-refractivity contribution in [1.29, 1.82) is 0 Å². The molecule has 0 aromatic carbocycles. The molecule has 5 heteroatoms. The maximum atomic E-state index is 11.7. The van der Waals surface area contributed by atoms with E-state index in [-0.39, 0.29) is 11.9 Å². The Morgan fingerprint density at radius 3 is 3.06 bits per heavy atom. The first-order valence-corrected chi connectivity index (χ1v) is 5.24. The normalized spacial score (nSPS) is 22.0. The van der Waals surface area contributed by atoms with E-state index in [1.807, 2.05) is 19.9 Å². The first-order valence-electron chi connectivity index (χ1n) is 5.24. The quantitative estimate of drug-likeness (QED) is 0.760. The lowest BCUT2D eigenvalue weighted by molar-refractivity contribution is -0.120. The van der Waals surface area contributed by atoms with Crippen molar-refractivity contribution in [1.82, 2.24) is 15.6 Å². The second kappa shape index (κ2) is 4.30. The highest BCUT2D eigenvalue weighted by Crippen LogP contribution is 2.18. The standard InChI is InChI=1S/C11H14N4O/c1-3-13-11-14-9(10(16)15-11)8-6-12-5-4-7(8)2/h4-6,9H,3H2,1-2H3,(H2,13,14,15,16). The summed E-state index contributed by atoms with van der Waals surface area (Å²) in [6.07, 6.45) is 3.42. The Morgan fingerprint density at radius 1 is 1.56 bits per heavy atom. The third-order valence-corrected chi connectivity index (χ3v) is 2.49. The van der Waals surface area contributed by atoms with Gasteiger partial charge < -0.3 is 5.32 Å². The zero-order valence-corrected chi connectivity index (χ0v) is 9.32. The molecule has 1 aliphatic heterocycles. The molecule has 1 unspecified atom stereocenters. The average molecular weight is 218 g/mol. The van der Waals surface area contributed by atoms with E-state index in [0.29, 0.717) is 12.5 Å². The zero-order valence-electron chi connectivity index (χ0n) is 9.32. The number of aromatic nitrogens is 1. The van der Waals surface area contributed by atoms with E-state index in [0.717, 1.165) is 11.1 Å². The van der Waals surface area contributed by atoms with Crippen LogP contribution in [0.2, 0.25) is 0 Å². The number of rotatable bonds is 2. The molecule has 0 spiro atoms. The summed E-state index contributed by atoms with van der Waals surface area (Å²) >= 11 is 0. The van der Waals surface area contributed by atoms with Gasteiger partial charge in [0, 0.05) is 24.5 Å². The molecule has 5 nitrogen and oxygen atoms in total. The van der Waals surface area contributed by atoms with Crippen LogP contribution in [0.4, 0.5) is 0 Å². The van der Waals surface area contributed by atoms with Crippen LogP contribution in [0.3, 0.4) is 0 Å². The first-order chi connectivity index (χ1) is 7.72. The largest absolute Gasteiger partial charge is 0.340 e.